The molecule has 2 N–H and O–H groups in total. The summed E-state index contributed by atoms with van der Waals surface area (Å²) < 4.78 is 46.2. The molecule has 6 nitrogen and oxygen atoms in total. The molecule has 0 unspecified atom stereocenters. The molecule has 0 atom stereocenters. The SMILES string of the molecule is CN=C(NCCN(C)CCCOC)NCc1cccc(COCC(F)(F)F)c1.I. The Morgan fingerprint density at radius 1 is 1.17 bits per heavy atom. The van der Waals surface area contributed by atoms with Crippen LogP contribution in [0.3, 0.4) is 0 Å². The molecule has 0 bridgehead atoms. The maximum absolute atomic E-state index is 12.2. The highest BCUT2D eigenvalue weighted by molar-refractivity contribution is 14.0. The molecule has 0 spiro atoms. The van der Waals surface area contributed by atoms with Gasteiger partial charge in [0.15, 0.2) is 5.96 Å². The summed E-state index contributed by atoms with van der Waals surface area (Å²) in [7, 11) is 5.45. The van der Waals surface area contributed by atoms with Crippen LogP contribution in [-0.2, 0) is 22.6 Å². The van der Waals surface area contributed by atoms with Crippen LogP contribution in [0.5, 0.6) is 0 Å². The lowest BCUT2D eigenvalue weighted by atomic mass is 10.1. The van der Waals surface area contributed by atoms with Gasteiger partial charge in [0.05, 0.1) is 6.61 Å². The van der Waals surface area contributed by atoms with Gasteiger partial charge in [0.2, 0.25) is 0 Å². The molecule has 10 heteroatoms. The van der Waals surface area contributed by atoms with Crippen molar-refractivity contribution in [2.45, 2.75) is 25.7 Å². The number of aliphatic imine (C=N–C) groups is 1. The molecule has 0 amide bonds. The Labute approximate surface area is 188 Å². The first kappa shape index (κ1) is 27.9. The van der Waals surface area contributed by atoms with Crippen molar-refractivity contribution in [3.05, 3.63) is 35.4 Å². The van der Waals surface area contributed by atoms with Gasteiger partial charge in [0.25, 0.3) is 0 Å². The molecule has 1 rings (SSSR count). The van der Waals surface area contributed by atoms with E-state index in [0.717, 1.165) is 38.2 Å². The average molecular weight is 532 g/mol. The number of guanidine groups is 1. The van der Waals surface area contributed by atoms with Crippen LogP contribution in [0.4, 0.5) is 13.2 Å². The number of nitrogens with zero attached hydrogens (tertiary/aromatic N) is 2. The van der Waals surface area contributed by atoms with E-state index in [9.17, 15) is 13.2 Å². The molecular formula is C19H32F3IN4O2. The highest BCUT2D eigenvalue weighted by atomic mass is 127. The minimum Gasteiger partial charge on any atom is -0.385 e. The summed E-state index contributed by atoms with van der Waals surface area (Å²) in [6.45, 7) is 2.52. The minimum absolute atomic E-state index is 0. The Kier molecular flexibility index (Phi) is 15.1. The number of alkyl halides is 3. The van der Waals surface area contributed by atoms with E-state index in [1.54, 1.807) is 26.3 Å². The standard InChI is InChI=1S/C19H31F3N4O2.HI/c1-23-18(24-8-10-26(2)9-5-11-27-3)25-13-16-6-4-7-17(12-16)14-28-15-19(20,21)22;/h4,6-7,12H,5,8-11,13-15H2,1-3H3,(H2,23,24,25);1H. The molecule has 1 aromatic rings. The molecule has 0 aliphatic carbocycles. The number of nitrogens with one attached hydrogen (secondary N) is 2. The third kappa shape index (κ3) is 14.5. The Bertz CT molecular complexity index is 589. The Morgan fingerprint density at radius 2 is 1.90 bits per heavy atom. The largest absolute Gasteiger partial charge is 0.411 e. The van der Waals surface area contributed by atoms with E-state index < -0.39 is 12.8 Å². The molecule has 0 fully saturated rings. The Morgan fingerprint density at radius 3 is 2.55 bits per heavy atom. The summed E-state index contributed by atoms with van der Waals surface area (Å²) in [6, 6.07) is 7.26. The second kappa shape index (κ2) is 15.7. The van der Waals surface area contributed by atoms with Crippen LogP contribution in [0.1, 0.15) is 17.5 Å². The number of rotatable bonds is 12. The lowest BCUT2D eigenvalue weighted by Crippen LogP contribution is -2.40. The smallest absolute Gasteiger partial charge is 0.385 e. The van der Waals surface area contributed by atoms with Gasteiger partial charge in [-0.15, -0.1) is 24.0 Å². The molecule has 0 heterocycles. The first-order valence-corrected chi connectivity index (χ1v) is 9.18. The van der Waals surface area contributed by atoms with Gasteiger partial charge in [0, 0.05) is 46.9 Å². The first-order chi connectivity index (χ1) is 13.3. The number of hydrogen-bond donors (Lipinski definition) is 2. The number of benzene rings is 1. The van der Waals surface area contributed by atoms with Crippen LogP contribution in [-0.4, -0.2) is 71.1 Å². The molecule has 0 aromatic heterocycles. The highest BCUT2D eigenvalue weighted by Gasteiger charge is 2.27. The third-order valence-corrected chi connectivity index (χ3v) is 3.88. The van der Waals surface area contributed by atoms with Crippen molar-refractivity contribution in [3.8, 4) is 0 Å². The molecule has 29 heavy (non-hydrogen) atoms. The second-order valence-corrected chi connectivity index (χ2v) is 6.43. The van der Waals surface area contributed by atoms with Crippen molar-refractivity contribution in [1.29, 1.82) is 0 Å². The van der Waals surface area contributed by atoms with Gasteiger partial charge in [-0.2, -0.15) is 13.2 Å². The molecule has 168 valence electrons. The van der Waals surface area contributed by atoms with E-state index in [0.29, 0.717) is 18.1 Å². The molecular weight excluding hydrogens is 500 g/mol. The van der Waals surface area contributed by atoms with Crippen LogP contribution >= 0.6 is 24.0 Å². The van der Waals surface area contributed by atoms with E-state index in [2.05, 4.69) is 27.6 Å². The van der Waals surface area contributed by atoms with Gasteiger partial charge in [0.1, 0.15) is 6.61 Å². The van der Waals surface area contributed by atoms with Gasteiger partial charge in [-0.3, -0.25) is 4.99 Å². The van der Waals surface area contributed by atoms with E-state index in [1.165, 1.54) is 0 Å². The fraction of sp³-hybridized carbons (Fsp3) is 0.632. The van der Waals surface area contributed by atoms with Crippen molar-refractivity contribution in [2.24, 2.45) is 4.99 Å². The van der Waals surface area contributed by atoms with Gasteiger partial charge in [-0.25, -0.2) is 0 Å². The maximum Gasteiger partial charge on any atom is 0.411 e. The number of hydrogen-bond acceptors (Lipinski definition) is 4. The number of methoxy groups -OCH3 is 1. The lowest BCUT2D eigenvalue weighted by Gasteiger charge is -2.18. The molecule has 1 aromatic carbocycles. The third-order valence-electron chi connectivity index (χ3n) is 3.88. The van der Waals surface area contributed by atoms with Crippen molar-refractivity contribution in [1.82, 2.24) is 15.5 Å². The van der Waals surface area contributed by atoms with Crippen LogP contribution in [0, 0.1) is 0 Å². The first-order valence-electron chi connectivity index (χ1n) is 9.18. The topological polar surface area (TPSA) is 58.1 Å². The summed E-state index contributed by atoms with van der Waals surface area (Å²) in [4.78, 5) is 6.39. The van der Waals surface area contributed by atoms with Crippen molar-refractivity contribution < 1.29 is 22.6 Å². The number of likely N-dealkylation sites (N-methyl/N-ethyl adjacent to an activating group) is 1. The molecule has 0 saturated heterocycles. The predicted molar refractivity (Wildman–Crippen MR) is 120 cm³/mol. The van der Waals surface area contributed by atoms with Crippen LogP contribution in [0.15, 0.2) is 29.3 Å². The predicted octanol–water partition coefficient (Wildman–Crippen LogP) is 3.02. The van der Waals surface area contributed by atoms with E-state index in [4.69, 9.17) is 9.47 Å². The zero-order valence-corrected chi connectivity index (χ0v) is 19.5. The fourth-order valence-corrected chi connectivity index (χ4v) is 2.48. The van der Waals surface area contributed by atoms with E-state index in [1.807, 2.05) is 12.1 Å². The van der Waals surface area contributed by atoms with Gasteiger partial charge < -0.3 is 25.0 Å². The zero-order chi connectivity index (χ0) is 20.8. The normalized spacial score (nSPS) is 12.0. The Hall–Kier alpha value is -1.11. The van der Waals surface area contributed by atoms with E-state index >= 15 is 0 Å². The highest BCUT2D eigenvalue weighted by Crippen LogP contribution is 2.16. The monoisotopic (exact) mass is 532 g/mol. The van der Waals surface area contributed by atoms with Crippen molar-refractivity contribution >= 4 is 29.9 Å². The van der Waals surface area contributed by atoms with E-state index in [-0.39, 0.29) is 30.6 Å². The molecule has 0 aliphatic rings. The number of halogens is 4. The summed E-state index contributed by atoms with van der Waals surface area (Å²) in [5.41, 5.74) is 1.64. The van der Waals surface area contributed by atoms with Crippen molar-refractivity contribution in [3.63, 3.8) is 0 Å². The average Bonchev–Trinajstić information content (AvgIpc) is 2.64. The van der Waals surface area contributed by atoms with Crippen LogP contribution < -0.4 is 10.6 Å². The summed E-state index contributed by atoms with van der Waals surface area (Å²) >= 11 is 0. The van der Waals surface area contributed by atoms with Crippen molar-refractivity contribution in [2.75, 3.05) is 54.1 Å². The lowest BCUT2D eigenvalue weighted by molar-refractivity contribution is -0.176. The van der Waals surface area contributed by atoms with Gasteiger partial charge >= 0.3 is 6.18 Å². The molecule has 0 saturated carbocycles. The minimum atomic E-state index is -4.31. The Balaban J connectivity index is 0.00000784. The maximum atomic E-state index is 12.2. The zero-order valence-electron chi connectivity index (χ0n) is 17.2. The molecule has 0 aliphatic heterocycles. The van der Waals surface area contributed by atoms with Gasteiger partial charge in [-0.1, -0.05) is 24.3 Å². The van der Waals surface area contributed by atoms with Gasteiger partial charge in [-0.05, 0) is 24.6 Å². The summed E-state index contributed by atoms with van der Waals surface area (Å²) in [5.74, 6) is 0.670. The summed E-state index contributed by atoms with van der Waals surface area (Å²) in [5, 5.41) is 6.44. The molecule has 0 radical (unpaired) electrons. The van der Waals surface area contributed by atoms with Crippen LogP contribution in [0.2, 0.25) is 0 Å². The van der Waals surface area contributed by atoms with Crippen LogP contribution in [0.25, 0.3) is 0 Å². The number of ether oxygens (including phenoxy) is 2. The fourth-order valence-electron chi connectivity index (χ4n) is 2.48. The quantitative estimate of drug-likeness (QED) is 0.188. The second-order valence-electron chi connectivity index (χ2n) is 6.43. The summed E-state index contributed by atoms with van der Waals surface area (Å²) in [6.07, 6.45) is -3.32.